The third-order valence-corrected chi connectivity index (χ3v) is 5.73. The number of rotatable bonds is 9. The van der Waals surface area contributed by atoms with E-state index in [0.717, 1.165) is 19.3 Å². The molecular formula is C13H25NO4S. The number of hydrogen-bond acceptors (Lipinski definition) is 5. The highest BCUT2D eigenvalue weighted by Gasteiger charge is 2.42. The molecule has 0 heterocycles. The van der Waals surface area contributed by atoms with Crippen LogP contribution in [-0.2, 0) is 19.4 Å². The number of methoxy groups -OCH3 is 1. The van der Waals surface area contributed by atoms with Crippen LogP contribution in [0.4, 0.5) is 0 Å². The minimum atomic E-state index is -2.99. The molecule has 0 spiro atoms. The van der Waals surface area contributed by atoms with E-state index in [1.54, 1.807) is 6.92 Å². The summed E-state index contributed by atoms with van der Waals surface area (Å²) >= 11 is 0. The van der Waals surface area contributed by atoms with E-state index in [2.05, 4.69) is 0 Å². The number of ether oxygens (including phenoxy) is 1. The van der Waals surface area contributed by atoms with E-state index in [1.165, 1.54) is 7.11 Å². The molecular weight excluding hydrogens is 266 g/mol. The van der Waals surface area contributed by atoms with Gasteiger partial charge in [0, 0.05) is 12.3 Å². The fourth-order valence-corrected chi connectivity index (χ4v) is 3.29. The van der Waals surface area contributed by atoms with Crippen molar-refractivity contribution in [2.75, 3.05) is 25.2 Å². The summed E-state index contributed by atoms with van der Waals surface area (Å²) in [6.07, 6.45) is 3.95. The van der Waals surface area contributed by atoms with Crippen LogP contribution in [0.5, 0.6) is 0 Å². The number of carbonyl (C=O) groups excluding carboxylic acids is 1. The maximum Gasteiger partial charge on any atom is 0.313 e. The molecule has 0 aliphatic heterocycles. The predicted molar refractivity (Wildman–Crippen MR) is 74.4 cm³/mol. The minimum Gasteiger partial charge on any atom is -0.469 e. The molecule has 0 aromatic heterocycles. The second kappa shape index (κ2) is 6.70. The topological polar surface area (TPSA) is 86.5 Å². The summed E-state index contributed by atoms with van der Waals surface area (Å²) in [6.45, 7) is 1.86. The third kappa shape index (κ3) is 4.76. The largest absolute Gasteiger partial charge is 0.469 e. The van der Waals surface area contributed by atoms with Crippen LogP contribution in [0.1, 0.15) is 39.0 Å². The fraction of sp³-hybridized carbons (Fsp3) is 0.923. The van der Waals surface area contributed by atoms with Crippen molar-refractivity contribution in [1.29, 1.82) is 0 Å². The van der Waals surface area contributed by atoms with Crippen molar-refractivity contribution >= 4 is 15.8 Å². The molecule has 19 heavy (non-hydrogen) atoms. The summed E-state index contributed by atoms with van der Waals surface area (Å²) in [6, 6.07) is 0. The number of nitrogens with two attached hydrogens (primary N) is 1. The highest BCUT2D eigenvalue weighted by molar-refractivity contribution is 7.91. The first-order chi connectivity index (χ1) is 8.89. The van der Waals surface area contributed by atoms with E-state index in [9.17, 15) is 13.2 Å². The standard InChI is InChI=1S/C13H25NO4S/c1-3-19(16,17)8-4-7-13(10-14,12(15)18-2)9-11-5-6-11/h11H,3-10,14H2,1-2H3. The van der Waals surface area contributed by atoms with Crippen LogP contribution < -0.4 is 5.73 Å². The van der Waals surface area contributed by atoms with Crippen LogP contribution in [0.25, 0.3) is 0 Å². The molecule has 112 valence electrons. The van der Waals surface area contributed by atoms with Crippen LogP contribution in [0, 0.1) is 11.3 Å². The Bertz CT molecular complexity index is 403. The third-order valence-electron chi connectivity index (χ3n) is 3.94. The average Bonchev–Trinajstić information content (AvgIpc) is 3.20. The molecule has 0 aromatic carbocycles. The quantitative estimate of drug-likeness (QED) is 0.643. The molecule has 1 fully saturated rings. The molecule has 5 nitrogen and oxygen atoms in total. The number of sulfone groups is 1. The molecule has 1 saturated carbocycles. The van der Waals surface area contributed by atoms with E-state index < -0.39 is 15.3 Å². The molecule has 0 aromatic rings. The second-order valence-corrected chi connectivity index (χ2v) is 7.94. The lowest BCUT2D eigenvalue weighted by Crippen LogP contribution is -2.40. The van der Waals surface area contributed by atoms with Crippen LogP contribution in [-0.4, -0.2) is 39.5 Å². The van der Waals surface area contributed by atoms with Gasteiger partial charge in [-0.3, -0.25) is 4.79 Å². The van der Waals surface area contributed by atoms with Crippen molar-refractivity contribution < 1.29 is 17.9 Å². The lowest BCUT2D eigenvalue weighted by atomic mass is 9.78. The van der Waals surface area contributed by atoms with Crippen LogP contribution >= 0.6 is 0 Å². The Balaban J connectivity index is 2.64. The number of esters is 1. The number of hydrogen-bond donors (Lipinski definition) is 1. The normalized spacial score (nSPS) is 18.9. The van der Waals surface area contributed by atoms with Gasteiger partial charge in [0.15, 0.2) is 0 Å². The van der Waals surface area contributed by atoms with Crippen molar-refractivity contribution in [2.45, 2.75) is 39.0 Å². The first-order valence-corrected chi connectivity index (χ1v) is 8.70. The Hall–Kier alpha value is -0.620. The van der Waals surface area contributed by atoms with Gasteiger partial charge in [-0.2, -0.15) is 0 Å². The van der Waals surface area contributed by atoms with Gasteiger partial charge in [0.1, 0.15) is 9.84 Å². The van der Waals surface area contributed by atoms with Gasteiger partial charge >= 0.3 is 5.97 Å². The summed E-state index contributed by atoms with van der Waals surface area (Å²) in [4.78, 5) is 12.0. The maximum absolute atomic E-state index is 12.0. The molecule has 0 bridgehead atoms. The summed E-state index contributed by atoms with van der Waals surface area (Å²) in [5.41, 5.74) is 5.10. The predicted octanol–water partition coefficient (Wildman–Crippen LogP) is 1.12. The van der Waals surface area contributed by atoms with Crippen LogP contribution in [0.3, 0.4) is 0 Å². The van der Waals surface area contributed by atoms with Gasteiger partial charge in [0.2, 0.25) is 0 Å². The zero-order valence-corrected chi connectivity index (χ0v) is 12.7. The van der Waals surface area contributed by atoms with Crippen molar-refractivity contribution in [3.8, 4) is 0 Å². The van der Waals surface area contributed by atoms with Gasteiger partial charge < -0.3 is 10.5 Å². The molecule has 1 rings (SSSR count). The maximum atomic E-state index is 12.0. The summed E-state index contributed by atoms with van der Waals surface area (Å²) in [5.74, 6) is 0.511. The minimum absolute atomic E-state index is 0.118. The van der Waals surface area contributed by atoms with E-state index in [0.29, 0.717) is 18.8 Å². The molecule has 2 N–H and O–H groups in total. The average molecular weight is 291 g/mol. The van der Waals surface area contributed by atoms with Gasteiger partial charge in [0.05, 0.1) is 18.3 Å². The lowest BCUT2D eigenvalue weighted by Gasteiger charge is -2.29. The Morgan fingerprint density at radius 3 is 2.47 bits per heavy atom. The Kier molecular flexibility index (Phi) is 5.80. The van der Waals surface area contributed by atoms with Gasteiger partial charge in [-0.15, -0.1) is 0 Å². The second-order valence-electron chi connectivity index (χ2n) is 5.46. The molecule has 1 unspecified atom stereocenters. The first kappa shape index (κ1) is 16.4. The molecule has 0 amide bonds. The van der Waals surface area contributed by atoms with Crippen molar-refractivity contribution in [2.24, 2.45) is 17.1 Å². The molecule has 1 atom stereocenters. The Morgan fingerprint density at radius 1 is 1.42 bits per heavy atom. The van der Waals surface area contributed by atoms with E-state index >= 15 is 0 Å². The highest BCUT2D eigenvalue weighted by atomic mass is 32.2. The van der Waals surface area contributed by atoms with Crippen LogP contribution in [0.2, 0.25) is 0 Å². The summed E-state index contributed by atoms with van der Waals surface area (Å²) in [7, 11) is -1.62. The van der Waals surface area contributed by atoms with Crippen molar-refractivity contribution in [3.63, 3.8) is 0 Å². The van der Waals surface area contributed by atoms with Crippen LogP contribution in [0.15, 0.2) is 0 Å². The summed E-state index contributed by atoms with van der Waals surface area (Å²) in [5, 5.41) is 0. The number of carbonyl (C=O) groups is 1. The zero-order chi connectivity index (χ0) is 14.5. The van der Waals surface area contributed by atoms with E-state index in [1.807, 2.05) is 0 Å². The fourth-order valence-electron chi connectivity index (χ4n) is 2.42. The molecule has 1 aliphatic rings. The molecule has 0 saturated heterocycles. The van der Waals surface area contributed by atoms with Gasteiger partial charge in [-0.1, -0.05) is 19.8 Å². The molecule has 0 radical (unpaired) electrons. The lowest BCUT2D eigenvalue weighted by molar-refractivity contribution is -0.153. The van der Waals surface area contributed by atoms with E-state index in [-0.39, 0.29) is 24.0 Å². The molecule has 6 heteroatoms. The summed E-state index contributed by atoms with van der Waals surface area (Å²) < 4.78 is 27.9. The first-order valence-electron chi connectivity index (χ1n) is 6.88. The monoisotopic (exact) mass is 291 g/mol. The Morgan fingerprint density at radius 2 is 2.05 bits per heavy atom. The van der Waals surface area contributed by atoms with Gasteiger partial charge in [0.25, 0.3) is 0 Å². The van der Waals surface area contributed by atoms with Gasteiger partial charge in [-0.05, 0) is 25.2 Å². The zero-order valence-electron chi connectivity index (χ0n) is 11.9. The smallest absolute Gasteiger partial charge is 0.313 e. The highest BCUT2D eigenvalue weighted by Crippen LogP contribution is 2.43. The molecule has 1 aliphatic carbocycles. The van der Waals surface area contributed by atoms with E-state index in [4.69, 9.17) is 10.5 Å². The van der Waals surface area contributed by atoms with Crippen molar-refractivity contribution in [3.05, 3.63) is 0 Å². The Labute approximate surface area is 115 Å². The SMILES string of the molecule is CCS(=O)(=O)CCCC(CN)(CC1CC1)C(=O)OC. The van der Waals surface area contributed by atoms with Gasteiger partial charge in [-0.25, -0.2) is 8.42 Å². The van der Waals surface area contributed by atoms with Crippen molar-refractivity contribution in [1.82, 2.24) is 0 Å².